The van der Waals surface area contributed by atoms with Crippen LogP contribution < -0.4 is 19.8 Å². The number of hydrogen-bond acceptors (Lipinski definition) is 7. The number of amides is 2. The fourth-order valence-electron chi connectivity index (χ4n) is 5.16. The number of likely N-dealkylation sites (N-methyl/N-ethyl adjacent to an activating group) is 1. The number of carbonyl (C=O) groups is 2. The number of nitrogens with one attached hydrogen (secondary N) is 2. The third-order valence-corrected chi connectivity index (χ3v) is 9.52. The molecule has 0 saturated heterocycles. The van der Waals surface area contributed by atoms with Crippen LogP contribution in [0.2, 0.25) is 0 Å². The van der Waals surface area contributed by atoms with Gasteiger partial charge in [-0.1, -0.05) is 48.5 Å². The summed E-state index contributed by atoms with van der Waals surface area (Å²) in [5.74, 6) is -0.946. The Morgan fingerprint density at radius 1 is 1.00 bits per heavy atom. The first-order valence-electron chi connectivity index (χ1n) is 13.7. The van der Waals surface area contributed by atoms with Crippen LogP contribution in [0.1, 0.15) is 18.1 Å². The second kappa shape index (κ2) is 11.8. The van der Waals surface area contributed by atoms with E-state index in [4.69, 9.17) is 0 Å². The zero-order chi connectivity index (χ0) is 30.9. The van der Waals surface area contributed by atoms with Gasteiger partial charge in [-0.3, -0.25) is 24.0 Å². The Bertz CT molecular complexity index is 1830. The fourth-order valence-corrected chi connectivity index (χ4v) is 6.65. The van der Waals surface area contributed by atoms with Gasteiger partial charge in [0.1, 0.15) is 6.04 Å². The Labute approximate surface area is 249 Å². The Kier molecular flexibility index (Phi) is 8.16. The molecule has 0 aromatic heterocycles. The van der Waals surface area contributed by atoms with Crippen molar-refractivity contribution in [1.29, 1.82) is 0 Å². The number of anilines is 2. The molecular formula is C31H31N5O6S. The SMILES string of the molecule is CNC(C)C(=O)NC1CN(S(=O)(=O)c2ccc([N+](=O)[O-])cc2)c2ccccc2N(Cc2c(C)ccc3ccccc23)C1=O. The van der Waals surface area contributed by atoms with Crippen LogP contribution in [-0.2, 0) is 26.2 Å². The second-order valence-corrected chi connectivity index (χ2v) is 12.2. The molecule has 0 radical (unpaired) electrons. The van der Waals surface area contributed by atoms with Gasteiger partial charge in [-0.25, -0.2) is 8.42 Å². The van der Waals surface area contributed by atoms with Gasteiger partial charge in [0.15, 0.2) is 0 Å². The highest BCUT2D eigenvalue weighted by Gasteiger charge is 2.40. The first-order chi connectivity index (χ1) is 20.5. The topological polar surface area (TPSA) is 142 Å². The minimum Gasteiger partial charge on any atom is -0.341 e. The highest BCUT2D eigenvalue weighted by atomic mass is 32.2. The van der Waals surface area contributed by atoms with Crippen LogP contribution >= 0.6 is 0 Å². The molecule has 11 nitrogen and oxygen atoms in total. The lowest BCUT2D eigenvalue weighted by Crippen LogP contribution is -2.55. The van der Waals surface area contributed by atoms with Gasteiger partial charge in [-0.05, 0) is 67.1 Å². The molecule has 0 fully saturated rings. The fraction of sp³-hybridized carbons (Fsp3) is 0.226. The van der Waals surface area contributed by atoms with Crippen molar-refractivity contribution in [2.75, 3.05) is 22.8 Å². The molecule has 2 atom stereocenters. The van der Waals surface area contributed by atoms with E-state index in [2.05, 4.69) is 10.6 Å². The number of non-ortho nitro benzene ring substituents is 1. The lowest BCUT2D eigenvalue weighted by atomic mass is 9.99. The summed E-state index contributed by atoms with van der Waals surface area (Å²) in [4.78, 5) is 39.2. The number of para-hydroxylation sites is 2. The Hall–Kier alpha value is -4.81. The molecule has 2 N–H and O–H groups in total. The molecule has 0 saturated carbocycles. The number of nitrogens with zero attached hydrogens (tertiary/aromatic N) is 3. The van der Waals surface area contributed by atoms with Crippen molar-refractivity contribution in [2.45, 2.75) is 37.4 Å². The number of nitro benzene ring substituents is 1. The van der Waals surface area contributed by atoms with Gasteiger partial charge in [0.05, 0.1) is 40.3 Å². The molecule has 1 aliphatic rings. The predicted octanol–water partition coefficient (Wildman–Crippen LogP) is 3.89. The van der Waals surface area contributed by atoms with Crippen molar-refractivity contribution in [3.05, 3.63) is 106 Å². The zero-order valence-electron chi connectivity index (χ0n) is 23.9. The summed E-state index contributed by atoms with van der Waals surface area (Å²) < 4.78 is 29.3. The third kappa shape index (κ3) is 5.66. The van der Waals surface area contributed by atoms with E-state index in [0.717, 1.165) is 50.5 Å². The summed E-state index contributed by atoms with van der Waals surface area (Å²) in [6, 6.07) is 21.1. The van der Waals surface area contributed by atoms with Gasteiger partial charge < -0.3 is 15.5 Å². The molecule has 1 aliphatic heterocycles. The van der Waals surface area contributed by atoms with Gasteiger partial charge in [-0.15, -0.1) is 0 Å². The maximum atomic E-state index is 14.3. The number of fused-ring (bicyclic) bond motifs is 2. The Morgan fingerprint density at radius 2 is 1.65 bits per heavy atom. The van der Waals surface area contributed by atoms with E-state index in [1.54, 1.807) is 38.2 Å². The van der Waals surface area contributed by atoms with Gasteiger partial charge in [0.25, 0.3) is 21.6 Å². The van der Waals surface area contributed by atoms with Crippen molar-refractivity contribution in [3.63, 3.8) is 0 Å². The van der Waals surface area contributed by atoms with Crippen molar-refractivity contribution >= 4 is 49.7 Å². The number of aryl methyl sites for hydroxylation is 1. The quantitative estimate of drug-likeness (QED) is 0.231. The largest absolute Gasteiger partial charge is 0.341 e. The van der Waals surface area contributed by atoms with Crippen molar-refractivity contribution in [2.24, 2.45) is 0 Å². The standard InChI is InChI=1S/C31H31N5O6S/c1-20-12-13-22-8-4-5-9-25(22)26(20)18-34-28-10-6-7-11-29(28)35(19-27(31(34)38)33-30(37)21(2)32-3)43(41,42)24-16-14-23(15-17-24)36(39)40/h4-17,21,27,32H,18-19H2,1-3H3,(H,33,37). The lowest BCUT2D eigenvalue weighted by molar-refractivity contribution is -0.384. The maximum absolute atomic E-state index is 14.3. The monoisotopic (exact) mass is 601 g/mol. The summed E-state index contributed by atoms with van der Waals surface area (Å²) in [5, 5.41) is 18.7. The molecule has 0 aliphatic carbocycles. The highest BCUT2D eigenvalue weighted by molar-refractivity contribution is 7.92. The van der Waals surface area contributed by atoms with E-state index in [1.165, 1.54) is 4.90 Å². The molecular weight excluding hydrogens is 570 g/mol. The number of nitro groups is 1. The first kappa shape index (κ1) is 29.7. The molecule has 0 bridgehead atoms. The van der Waals surface area contributed by atoms with Crippen LogP contribution in [0.3, 0.4) is 0 Å². The number of benzene rings is 4. The van der Waals surface area contributed by atoms with Crippen molar-refractivity contribution in [3.8, 4) is 0 Å². The van der Waals surface area contributed by atoms with Crippen LogP contribution in [0.25, 0.3) is 10.8 Å². The predicted molar refractivity (Wildman–Crippen MR) is 164 cm³/mol. The van der Waals surface area contributed by atoms with E-state index in [-0.39, 0.29) is 29.4 Å². The second-order valence-electron chi connectivity index (χ2n) is 10.4. The van der Waals surface area contributed by atoms with Crippen LogP contribution in [0.4, 0.5) is 17.1 Å². The minimum absolute atomic E-state index is 0.127. The van der Waals surface area contributed by atoms with Crippen LogP contribution in [0.15, 0.2) is 89.8 Å². The summed E-state index contributed by atoms with van der Waals surface area (Å²) >= 11 is 0. The molecule has 12 heteroatoms. The molecule has 1 heterocycles. The maximum Gasteiger partial charge on any atom is 0.269 e. The number of sulfonamides is 1. The Morgan fingerprint density at radius 3 is 2.33 bits per heavy atom. The highest BCUT2D eigenvalue weighted by Crippen LogP contribution is 2.38. The summed E-state index contributed by atoms with van der Waals surface area (Å²) in [6.07, 6.45) is 0. The number of carbonyl (C=O) groups excluding carboxylic acids is 2. The molecule has 0 spiro atoms. The molecule has 222 valence electrons. The number of rotatable bonds is 8. The average molecular weight is 602 g/mol. The lowest BCUT2D eigenvalue weighted by Gasteiger charge is -2.27. The van der Waals surface area contributed by atoms with E-state index in [0.29, 0.717) is 5.69 Å². The zero-order valence-corrected chi connectivity index (χ0v) is 24.7. The van der Waals surface area contributed by atoms with E-state index >= 15 is 0 Å². The average Bonchev–Trinajstić information content (AvgIpc) is 3.12. The third-order valence-electron chi connectivity index (χ3n) is 7.72. The van der Waals surface area contributed by atoms with Crippen LogP contribution in [0.5, 0.6) is 0 Å². The van der Waals surface area contributed by atoms with E-state index in [9.17, 15) is 28.1 Å². The smallest absolute Gasteiger partial charge is 0.269 e. The molecule has 4 aromatic rings. The minimum atomic E-state index is -4.33. The van der Waals surface area contributed by atoms with Crippen molar-refractivity contribution in [1.82, 2.24) is 10.6 Å². The van der Waals surface area contributed by atoms with Gasteiger partial charge in [-0.2, -0.15) is 0 Å². The van der Waals surface area contributed by atoms with Gasteiger partial charge in [0, 0.05) is 12.1 Å². The van der Waals surface area contributed by atoms with Gasteiger partial charge >= 0.3 is 0 Å². The summed E-state index contributed by atoms with van der Waals surface area (Å²) in [5.41, 5.74) is 2.18. The van der Waals surface area contributed by atoms with E-state index in [1.807, 2.05) is 43.3 Å². The molecule has 2 amide bonds. The van der Waals surface area contributed by atoms with Crippen molar-refractivity contribution < 1.29 is 22.9 Å². The molecule has 5 rings (SSSR count). The molecule has 43 heavy (non-hydrogen) atoms. The molecule has 2 unspecified atom stereocenters. The van der Waals surface area contributed by atoms with E-state index < -0.39 is 38.8 Å². The summed E-state index contributed by atoms with van der Waals surface area (Å²) in [7, 11) is -2.73. The first-order valence-corrected chi connectivity index (χ1v) is 15.1. The summed E-state index contributed by atoms with van der Waals surface area (Å²) in [6.45, 7) is 3.33. The molecule has 4 aromatic carbocycles. The Balaban J connectivity index is 1.66. The van der Waals surface area contributed by atoms with Gasteiger partial charge in [0.2, 0.25) is 5.91 Å². The van der Waals surface area contributed by atoms with Crippen LogP contribution in [-0.4, -0.2) is 50.8 Å². The number of hydrogen-bond donors (Lipinski definition) is 2. The van der Waals surface area contributed by atoms with Crippen LogP contribution in [0, 0.1) is 17.0 Å². The normalized spacial score (nSPS) is 16.0.